The molecule has 0 amide bonds. The molecule has 0 bridgehead atoms. The van der Waals surface area contributed by atoms with E-state index in [2.05, 4.69) is 15.0 Å². The maximum Gasteiger partial charge on any atom is 0.280 e. The number of nitrogens with one attached hydrogen (secondary N) is 2. The van der Waals surface area contributed by atoms with Gasteiger partial charge in [-0.25, -0.2) is 4.98 Å². The second-order valence-electron chi connectivity index (χ2n) is 5.25. The van der Waals surface area contributed by atoms with E-state index in [0.717, 1.165) is 19.5 Å². The van der Waals surface area contributed by atoms with Crippen molar-refractivity contribution in [1.29, 1.82) is 0 Å². The Kier molecular flexibility index (Phi) is 3.46. The normalized spacial score (nSPS) is 14.8. The lowest BCUT2D eigenvalue weighted by molar-refractivity contribution is 0.598. The molecule has 6 nitrogen and oxygen atoms in total. The minimum absolute atomic E-state index is 0.0434. The van der Waals surface area contributed by atoms with Gasteiger partial charge in [-0.1, -0.05) is 6.07 Å². The summed E-state index contributed by atoms with van der Waals surface area (Å²) in [4.78, 5) is 4.07. The molecule has 1 aliphatic heterocycles. The predicted molar refractivity (Wildman–Crippen MR) is 80.6 cm³/mol. The zero-order valence-electron chi connectivity index (χ0n) is 12.0. The van der Waals surface area contributed by atoms with Crippen LogP contribution in [-0.2, 0) is 30.0 Å². The topological polar surface area (TPSA) is 76.0 Å². The van der Waals surface area contributed by atoms with E-state index in [4.69, 9.17) is 0 Å². The summed E-state index contributed by atoms with van der Waals surface area (Å²) in [5.41, 5.74) is 2.99. The van der Waals surface area contributed by atoms with Gasteiger partial charge in [0, 0.05) is 25.5 Å². The van der Waals surface area contributed by atoms with E-state index < -0.39 is 10.0 Å². The highest BCUT2D eigenvalue weighted by Gasteiger charge is 2.19. The number of sulfonamides is 1. The standard InChI is InChI=1S/C14H18N4O2S/c1-10-16-14(9-18(10)2)21(19,20)17-13-4-3-12-8-15-6-5-11(12)7-13/h3-4,7,9,15,17H,5-6,8H2,1-2H3. The van der Waals surface area contributed by atoms with Crippen molar-refractivity contribution in [2.45, 2.75) is 24.9 Å². The van der Waals surface area contributed by atoms with Gasteiger partial charge in [0.05, 0.1) is 0 Å². The Labute approximate surface area is 124 Å². The fraction of sp³-hybridized carbons (Fsp3) is 0.357. The van der Waals surface area contributed by atoms with Crippen LogP contribution in [0.2, 0.25) is 0 Å². The number of fused-ring (bicyclic) bond motifs is 1. The van der Waals surface area contributed by atoms with Crippen LogP contribution in [0.5, 0.6) is 0 Å². The first-order chi connectivity index (χ1) is 9.95. The van der Waals surface area contributed by atoms with Gasteiger partial charge in [-0.05, 0) is 43.1 Å². The first-order valence-electron chi connectivity index (χ1n) is 6.81. The smallest absolute Gasteiger partial charge is 0.280 e. The monoisotopic (exact) mass is 306 g/mol. The first kappa shape index (κ1) is 14.1. The van der Waals surface area contributed by atoms with Crippen molar-refractivity contribution in [1.82, 2.24) is 14.9 Å². The van der Waals surface area contributed by atoms with Crippen molar-refractivity contribution in [2.75, 3.05) is 11.3 Å². The van der Waals surface area contributed by atoms with E-state index in [1.165, 1.54) is 17.3 Å². The van der Waals surface area contributed by atoms with Crippen molar-refractivity contribution >= 4 is 15.7 Å². The molecule has 0 atom stereocenters. The zero-order chi connectivity index (χ0) is 15.0. The van der Waals surface area contributed by atoms with E-state index in [1.54, 1.807) is 24.6 Å². The van der Waals surface area contributed by atoms with Crippen molar-refractivity contribution in [3.05, 3.63) is 41.3 Å². The molecule has 0 radical (unpaired) electrons. The third kappa shape index (κ3) is 2.79. The van der Waals surface area contributed by atoms with E-state index in [9.17, 15) is 8.42 Å². The third-order valence-electron chi connectivity index (χ3n) is 3.71. The lowest BCUT2D eigenvalue weighted by Crippen LogP contribution is -2.23. The van der Waals surface area contributed by atoms with Crippen LogP contribution in [0.1, 0.15) is 17.0 Å². The highest BCUT2D eigenvalue weighted by Crippen LogP contribution is 2.21. The summed E-state index contributed by atoms with van der Waals surface area (Å²) in [7, 11) is -1.87. The molecule has 0 spiro atoms. The van der Waals surface area contributed by atoms with Gasteiger partial charge in [-0.2, -0.15) is 8.42 Å². The number of benzene rings is 1. The average Bonchev–Trinajstić information content (AvgIpc) is 2.79. The van der Waals surface area contributed by atoms with Gasteiger partial charge in [0.2, 0.25) is 0 Å². The summed E-state index contributed by atoms with van der Waals surface area (Å²) in [6, 6.07) is 5.66. The number of hydrogen-bond acceptors (Lipinski definition) is 4. The van der Waals surface area contributed by atoms with Crippen molar-refractivity contribution in [2.24, 2.45) is 7.05 Å². The van der Waals surface area contributed by atoms with Crippen LogP contribution in [0.4, 0.5) is 5.69 Å². The Bertz CT molecular complexity index is 761. The highest BCUT2D eigenvalue weighted by atomic mass is 32.2. The molecule has 2 N–H and O–H groups in total. The minimum Gasteiger partial charge on any atom is -0.337 e. The van der Waals surface area contributed by atoms with Gasteiger partial charge >= 0.3 is 0 Å². The van der Waals surface area contributed by atoms with Gasteiger partial charge < -0.3 is 9.88 Å². The van der Waals surface area contributed by atoms with E-state index in [-0.39, 0.29) is 5.03 Å². The van der Waals surface area contributed by atoms with Crippen LogP contribution in [0, 0.1) is 6.92 Å². The van der Waals surface area contributed by atoms with Crippen molar-refractivity contribution in [3.63, 3.8) is 0 Å². The fourth-order valence-electron chi connectivity index (χ4n) is 2.40. The SMILES string of the molecule is Cc1nc(S(=O)(=O)Nc2ccc3c(c2)CCNC3)cn1C. The zero-order valence-corrected chi connectivity index (χ0v) is 12.9. The van der Waals surface area contributed by atoms with Crippen LogP contribution in [0.15, 0.2) is 29.4 Å². The highest BCUT2D eigenvalue weighted by molar-refractivity contribution is 7.92. The number of aryl methyl sites for hydroxylation is 2. The summed E-state index contributed by atoms with van der Waals surface area (Å²) in [5, 5.41) is 3.34. The molecule has 0 aliphatic carbocycles. The van der Waals surface area contributed by atoms with Gasteiger partial charge in [0.1, 0.15) is 5.82 Å². The van der Waals surface area contributed by atoms with Crippen molar-refractivity contribution in [3.8, 4) is 0 Å². The minimum atomic E-state index is -3.64. The summed E-state index contributed by atoms with van der Waals surface area (Å²) < 4.78 is 29.0. The van der Waals surface area contributed by atoms with Gasteiger partial charge in [0.15, 0.2) is 5.03 Å². The summed E-state index contributed by atoms with van der Waals surface area (Å²) in [6.07, 6.45) is 2.42. The Morgan fingerprint density at radius 3 is 2.86 bits per heavy atom. The molecule has 0 fully saturated rings. The summed E-state index contributed by atoms with van der Waals surface area (Å²) >= 11 is 0. The van der Waals surface area contributed by atoms with E-state index >= 15 is 0 Å². The molecule has 0 unspecified atom stereocenters. The second kappa shape index (κ2) is 5.16. The molecule has 1 aliphatic rings. The van der Waals surface area contributed by atoms with Gasteiger partial charge in [0.25, 0.3) is 10.0 Å². The Morgan fingerprint density at radius 1 is 1.33 bits per heavy atom. The molecule has 1 aromatic heterocycles. The number of anilines is 1. The third-order valence-corrected chi connectivity index (χ3v) is 4.96. The maximum absolute atomic E-state index is 12.3. The number of hydrogen-bond donors (Lipinski definition) is 2. The van der Waals surface area contributed by atoms with E-state index in [0.29, 0.717) is 11.5 Å². The van der Waals surface area contributed by atoms with Crippen LogP contribution in [0.25, 0.3) is 0 Å². The number of rotatable bonds is 3. The fourth-order valence-corrected chi connectivity index (χ4v) is 3.49. The van der Waals surface area contributed by atoms with Crippen LogP contribution in [-0.4, -0.2) is 24.5 Å². The molecular weight excluding hydrogens is 288 g/mol. The Morgan fingerprint density at radius 2 is 2.14 bits per heavy atom. The first-order valence-corrected chi connectivity index (χ1v) is 8.29. The predicted octanol–water partition coefficient (Wildman–Crippen LogP) is 1.18. The quantitative estimate of drug-likeness (QED) is 0.892. The summed E-state index contributed by atoms with van der Waals surface area (Å²) in [5.74, 6) is 0.659. The van der Waals surface area contributed by atoms with E-state index in [1.807, 2.05) is 12.1 Å². The molecule has 21 heavy (non-hydrogen) atoms. The molecule has 2 aromatic rings. The van der Waals surface area contributed by atoms with Crippen LogP contribution < -0.4 is 10.0 Å². The van der Waals surface area contributed by atoms with Crippen LogP contribution >= 0.6 is 0 Å². The lowest BCUT2D eigenvalue weighted by atomic mass is 10.0. The largest absolute Gasteiger partial charge is 0.337 e. The number of nitrogens with zero attached hydrogens (tertiary/aromatic N) is 2. The maximum atomic E-state index is 12.3. The Balaban J connectivity index is 1.88. The van der Waals surface area contributed by atoms with Gasteiger partial charge in [-0.3, -0.25) is 4.72 Å². The molecule has 112 valence electrons. The molecule has 0 saturated heterocycles. The molecule has 2 heterocycles. The molecule has 7 heteroatoms. The lowest BCUT2D eigenvalue weighted by Gasteiger charge is -2.18. The molecular formula is C14H18N4O2S. The number of imidazole rings is 1. The number of aromatic nitrogens is 2. The van der Waals surface area contributed by atoms with Gasteiger partial charge in [-0.15, -0.1) is 0 Å². The molecule has 3 rings (SSSR count). The molecule has 0 saturated carbocycles. The Hall–Kier alpha value is -1.86. The average molecular weight is 306 g/mol. The molecule has 1 aromatic carbocycles. The second-order valence-corrected chi connectivity index (χ2v) is 6.88. The van der Waals surface area contributed by atoms with Crippen LogP contribution in [0.3, 0.4) is 0 Å². The summed E-state index contributed by atoms with van der Waals surface area (Å²) in [6.45, 7) is 3.52. The van der Waals surface area contributed by atoms with Crippen molar-refractivity contribution < 1.29 is 8.42 Å².